The zero-order valence-corrected chi connectivity index (χ0v) is 22.9. The molecule has 1 amide bonds. The predicted octanol–water partition coefficient (Wildman–Crippen LogP) is 1.48. The van der Waals surface area contributed by atoms with Gasteiger partial charge in [0.2, 0.25) is 5.78 Å². The monoisotopic (exact) mass is 527 g/mol. The molecule has 0 radical (unpaired) electrons. The first-order valence-electron chi connectivity index (χ1n) is 12.6. The summed E-state index contributed by atoms with van der Waals surface area (Å²) in [5, 5.41) is 45.4. The van der Waals surface area contributed by atoms with Gasteiger partial charge in [0.25, 0.3) is 5.91 Å². The van der Waals surface area contributed by atoms with Crippen LogP contribution in [0.2, 0.25) is 0 Å². The molecule has 0 aliphatic heterocycles. The van der Waals surface area contributed by atoms with Gasteiger partial charge in [0.05, 0.1) is 11.6 Å². The van der Waals surface area contributed by atoms with Crippen LogP contribution in [-0.4, -0.2) is 87.5 Å². The fraction of sp³-hybridized carbons (Fsp3) is 0.536. The summed E-state index contributed by atoms with van der Waals surface area (Å²) in [6.07, 6.45) is 0.338. The number of likely N-dealkylation sites (N-methyl/N-ethyl adjacent to an activating group) is 1. The normalized spacial score (nSPS) is 27.6. The van der Waals surface area contributed by atoms with E-state index in [2.05, 4.69) is 0 Å². The largest absolute Gasteiger partial charge is 0.510 e. The number of carbonyl (C=O) groups is 3. The fourth-order valence-corrected chi connectivity index (χ4v) is 6.45. The number of aliphatic hydroxyl groups is 3. The van der Waals surface area contributed by atoms with E-state index in [0.29, 0.717) is 17.7 Å². The molecular weight excluding hydrogens is 490 g/mol. The van der Waals surface area contributed by atoms with Crippen LogP contribution in [0, 0.1) is 11.8 Å². The molecule has 0 saturated carbocycles. The van der Waals surface area contributed by atoms with Gasteiger partial charge in [0, 0.05) is 23.6 Å². The summed E-state index contributed by atoms with van der Waals surface area (Å²) in [7, 11) is 7.02. The zero-order chi connectivity index (χ0) is 28.6. The summed E-state index contributed by atoms with van der Waals surface area (Å²) in [5.41, 5.74) is 3.41. The molecule has 3 aliphatic rings. The first-order chi connectivity index (χ1) is 17.4. The third-order valence-corrected chi connectivity index (χ3v) is 8.11. The molecule has 6 N–H and O–H groups in total. The maximum Gasteiger partial charge on any atom is 0.255 e. The Bertz CT molecular complexity index is 1320. The van der Waals surface area contributed by atoms with Gasteiger partial charge in [-0.1, -0.05) is 20.8 Å². The molecule has 4 rings (SSSR count). The van der Waals surface area contributed by atoms with Crippen LogP contribution < -0.4 is 5.73 Å². The number of benzene rings is 1. The molecule has 1 aromatic rings. The van der Waals surface area contributed by atoms with Crippen molar-refractivity contribution < 1.29 is 34.8 Å². The molecule has 1 unspecified atom stereocenters. The van der Waals surface area contributed by atoms with Crippen LogP contribution in [0.3, 0.4) is 0 Å². The van der Waals surface area contributed by atoms with Gasteiger partial charge in [-0.15, -0.1) is 0 Å². The van der Waals surface area contributed by atoms with Crippen LogP contribution in [-0.2, 0) is 28.0 Å². The van der Waals surface area contributed by atoms with Crippen molar-refractivity contribution in [3.05, 3.63) is 51.0 Å². The quantitative estimate of drug-likeness (QED) is 0.365. The van der Waals surface area contributed by atoms with Gasteiger partial charge in [-0.2, -0.15) is 0 Å². The highest BCUT2D eigenvalue weighted by Crippen LogP contribution is 2.53. The van der Waals surface area contributed by atoms with Crippen molar-refractivity contribution >= 4 is 17.5 Å². The molecule has 3 aliphatic carbocycles. The number of aromatic hydroxyl groups is 1. The van der Waals surface area contributed by atoms with E-state index in [0.717, 1.165) is 5.56 Å². The zero-order valence-electron chi connectivity index (χ0n) is 22.9. The van der Waals surface area contributed by atoms with Crippen LogP contribution in [0.1, 0.15) is 54.2 Å². The third kappa shape index (κ3) is 3.85. The van der Waals surface area contributed by atoms with Crippen LogP contribution in [0.4, 0.5) is 0 Å². The molecule has 1 aromatic carbocycles. The summed E-state index contributed by atoms with van der Waals surface area (Å²) in [6, 6.07) is 0.897. The van der Waals surface area contributed by atoms with Gasteiger partial charge >= 0.3 is 0 Å². The van der Waals surface area contributed by atoms with E-state index < -0.39 is 63.5 Å². The summed E-state index contributed by atoms with van der Waals surface area (Å²) < 4.78 is 0. The van der Waals surface area contributed by atoms with Crippen molar-refractivity contribution in [3.8, 4) is 5.75 Å². The Morgan fingerprint density at radius 2 is 1.74 bits per heavy atom. The first kappa shape index (κ1) is 27.8. The lowest BCUT2D eigenvalue weighted by molar-refractivity contribution is -0.148. The summed E-state index contributed by atoms with van der Waals surface area (Å²) >= 11 is 0. The molecule has 10 heteroatoms. The number of phenols is 1. The van der Waals surface area contributed by atoms with E-state index in [1.807, 2.05) is 45.8 Å². The number of aliphatic hydroxyl groups excluding tert-OH is 2. The molecule has 0 heterocycles. The van der Waals surface area contributed by atoms with Gasteiger partial charge in [-0.05, 0) is 69.6 Å². The number of carbonyl (C=O) groups excluding carboxylic acids is 3. The number of amides is 1. The maximum absolute atomic E-state index is 14.0. The van der Waals surface area contributed by atoms with Gasteiger partial charge < -0.3 is 31.1 Å². The Kier molecular flexibility index (Phi) is 6.54. The van der Waals surface area contributed by atoms with E-state index in [1.165, 1.54) is 4.90 Å². The Hall–Kier alpha value is -3.21. The smallest absolute Gasteiger partial charge is 0.255 e. The van der Waals surface area contributed by atoms with Crippen LogP contribution in [0.5, 0.6) is 5.75 Å². The Labute approximate surface area is 222 Å². The molecule has 0 fully saturated rings. The SMILES string of the molecule is CN(C)Cc1cc(C(C)(C)C)c(O)c2c1C[C@@H]1C[C@@H]3C(N(C)C)C(O)=C(C(N)=O)C(=O)[C@]3(O)C(O)=C1C2=O. The number of nitrogens with zero attached hydrogens (tertiary/aromatic N) is 2. The number of Topliss-reactive ketones (excluding diaryl/α,β-unsaturated/α-hetero) is 2. The van der Waals surface area contributed by atoms with E-state index >= 15 is 0 Å². The van der Waals surface area contributed by atoms with Crippen molar-refractivity contribution in [1.29, 1.82) is 0 Å². The minimum Gasteiger partial charge on any atom is -0.510 e. The Balaban J connectivity index is 2.00. The van der Waals surface area contributed by atoms with Gasteiger partial charge in [0.1, 0.15) is 22.8 Å². The standard InChI is InChI=1S/C28H37N3O7/c1-27(2,3)16-10-13(11-30(4)5)14-8-12-9-15-20(31(6)7)23(34)19(26(29)37)25(36)28(15,38)24(35)17(12)22(33)18(14)21(16)32/h10,12,15,20,32,34-35,38H,8-9,11H2,1-7H3,(H2,29,37)/t12-,15-,20?,28-/m1/s1. The highest BCUT2D eigenvalue weighted by molar-refractivity contribution is 6.24. The molecule has 0 bridgehead atoms. The minimum atomic E-state index is -2.64. The first-order valence-corrected chi connectivity index (χ1v) is 12.6. The lowest BCUT2D eigenvalue weighted by Gasteiger charge is -2.50. The van der Waals surface area contributed by atoms with Crippen molar-refractivity contribution in [3.63, 3.8) is 0 Å². The van der Waals surface area contributed by atoms with E-state index in [9.17, 15) is 34.8 Å². The average Bonchev–Trinajstić information content (AvgIpc) is 2.76. The van der Waals surface area contributed by atoms with Gasteiger partial charge in [-0.3, -0.25) is 19.3 Å². The lowest BCUT2D eigenvalue weighted by atomic mass is 9.58. The summed E-state index contributed by atoms with van der Waals surface area (Å²) in [4.78, 5) is 43.1. The number of hydrogen-bond acceptors (Lipinski definition) is 9. The highest BCUT2D eigenvalue weighted by atomic mass is 16.3. The molecule has 4 atom stereocenters. The predicted molar refractivity (Wildman–Crippen MR) is 140 cm³/mol. The maximum atomic E-state index is 14.0. The van der Waals surface area contributed by atoms with Crippen molar-refractivity contribution in [2.45, 2.75) is 57.2 Å². The fourth-order valence-electron chi connectivity index (χ4n) is 6.45. The molecule has 10 nitrogen and oxygen atoms in total. The average molecular weight is 528 g/mol. The molecular formula is C28H37N3O7. The number of ketones is 2. The number of primary amides is 1. The molecule has 0 spiro atoms. The Morgan fingerprint density at radius 1 is 1.13 bits per heavy atom. The highest BCUT2D eigenvalue weighted by Gasteiger charge is 2.63. The third-order valence-electron chi connectivity index (χ3n) is 8.11. The number of hydrogen-bond donors (Lipinski definition) is 5. The molecule has 0 aromatic heterocycles. The van der Waals surface area contributed by atoms with E-state index in [1.54, 1.807) is 14.1 Å². The number of nitrogens with two attached hydrogens (primary N) is 1. The van der Waals surface area contributed by atoms with E-state index in [4.69, 9.17) is 5.73 Å². The number of rotatable bonds is 4. The molecule has 38 heavy (non-hydrogen) atoms. The van der Waals surface area contributed by atoms with Crippen molar-refractivity contribution in [2.75, 3.05) is 28.2 Å². The van der Waals surface area contributed by atoms with E-state index in [-0.39, 0.29) is 29.7 Å². The van der Waals surface area contributed by atoms with Gasteiger partial charge in [-0.25, -0.2) is 0 Å². The van der Waals surface area contributed by atoms with Crippen molar-refractivity contribution in [2.24, 2.45) is 17.6 Å². The topological polar surface area (TPSA) is 165 Å². The number of fused-ring (bicyclic) bond motifs is 3. The second-order valence-electron chi connectivity index (χ2n) is 12.2. The number of phenolic OH excluding ortho intramolecular Hbond substituents is 1. The Morgan fingerprint density at radius 3 is 2.24 bits per heavy atom. The van der Waals surface area contributed by atoms with Crippen molar-refractivity contribution in [1.82, 2.24) is 9.80 Å². The van der Waals surface area contributed by atoms with Crippen LogP contribution in [0.15, 0.2) is 28.7 Å². The molecule has 206 valence electrons. The second kappa shape index (κ2) is 8.93. The lowest BCUT2D eigenvalue weighted by Crippen LogP contribution is -2.63. The summed E-state index contributed by atoms with van der Waals surface area (Å²) in [5.74, 6) is -6.42. The van der Waals surface area contributed by atoms with Crippen LogP contribution >= 0.6 is 0 Å². The minimum absolute atomic E-state index is 0.0510. The molecule has 0 saturated heterocycles. The summed E-state index contributed by atoms with van der Waals surface area (Å²) in [6.45, 7) is 6.26. The number of allylic oxidation sites excluding steroid dienone is 1. The van der Waals surface area contributed by atoms with Gasteiger partial charge in [0.15, 0.2) is 11.4 Å². The second-order valence-corrected chi connectivity index (χ2v) is 12.2. The van der Waals surface area contributed by atoms with Crippen LogP contribution in [0.25, 0.3) is 0 Å².